The van der Waals surface area contributed by atoms with Crippen LogP contribution in [-0.2, 0) is 0 Å². The summed E-state index contributed by atoms with van der Waals surface area (Å²) >= 11 is 0. The predicted octanol–water partition coefficient (Wildman–Crippen LogP) is 3.34. The second kappa shape index (κ2) is 9.71. The van der Waals surface area contributed by atoms with Gasteiger partial charge < -0.3 is 9.98 Å². The third kappa shape index (κ3) is 4.60. The first kappa shape index (κ1) is 15.1. The Morgan fingerprint density at radius 3 is 2.14 bits per heavy atom. The number of nitrogens with one attached hydrogen (secondary N) is 1. The van der Waals surface area contributed by atoms with Gasteiger partial charge in [0.15, 0.2) is 5.82 Å². The smallest absolute Gasteiger partial charge is 0.154 e. The SMILES string of the molecule is C=Cn1cc(C)nc1C=N.CC.CC. The second-order valence-corrected chi connectivity index (χ2v) is 1.97. The molecule has 0 saturated heterocycles. The van der Waals surface area contributed by atoms with Crippen LogP contribution in [0.5, 0.6) is 0 Å². The summed E-state index contributed by atoms with van der Waals surface area (Å²) in [5.74, 6) is 0.618. The van der Waals surface area contributed by atoms with Crippen LogP contribution < -0.4 is 0 Å². The van der Waals surface area contributed by atoms with Gasteiger partial charge in [-0.05, 0) is 6.92 Å². The Bertz CT molecular complexity index is 236. The van der Waals surface area contributed by atoms with Crippen LogP contribution in [0.25, 0.3) is 6.20 Å². The number of hydrogen-bond acceptors (Lipinski definition) is 2. The Hall–Kier alpha value is -1.38. The highest BCUT2D eigenvalue weighted by molar-refractivity contribution is 5.73. The lowest BCUT2D eigenvalue weighted by molar-refractivity contribution is 1.11. The van der Waals surface area contributed by atoms with Gasteiger partial charge >= 0.3 is 0 Å². The first-order chi connectivity index (χ1) is 6.77. The Balaban J connectivity index is 0. The average molecular weight is 195 g/mol. The molecule has 1 aromatic heterocycles. The molecule has 0 bridgehead atoms. The van der Waals surface area contributed by atoms with E-state index in [1.807, 2.05) is 40.8 Å². The molecule has 0 aliphatic carbocycles. The van der Waals surface area contributed by atoms with E-state index in [4.69, 9.17) is 5.41 Å². The lowest BCUT2D eigenvalue weighted by Gasteiger charge is -1.90. The Kier molecular flexibility index (Phi) is 10.5. The standard InChI is InChI=1S/C7H9N3.2C2H6/c1-3-10-5-6(2)9-7(10)4-8;2*1-2/h3-5,8H,1H2,2H3;2*1-2H3. The molecule has 3 nitrogen and oxygen atoms in total. The van der Waals surface area contributed by atoms with E-state index in [1.54, 1.807) is 10.8 Å². The minimum Gasteiger partial charge on any atom is -0.306 e. The van der Waals surface area contributed by atoms with Gasteiger partial charge in [0.1, 0.15) is 0 Å². The second-order valence-electron chi connectivity index (χ2n) is 1.97. The maximum Gasteiger partial charge on any atom is 0.154 e. The molecular formula is C11H21N3. The zero-order chi connectivity index (χ0) is 11.6. The molecule has 1 heterocycles. The average Bonchev–Trinajstić information content (AvgIpc) is 2.64. The fourth-order valence-corrected chi connectivity index (χ4v) is 0.788. The van der Waals surface area contributed by atoms with Gasteiger partial charge in [0.25, 0.3) is 0 Å². The van der Waals surface area contributed by atoms with Crippen molar-refractivity contribution in [1.29, 1.82) is 5.41 Å². The molecule has 14 heavy (non-hydrogen) atoms. The van der Waals surface area contributed by atoms with Crippen LogP contribution in [0.3, 0.4) is 0 Å². The molecule has 3 heteroatoms. The van der Waals surface area contributed by atoms with Gasteiger partial charge in [0, 0.05) is 12.4 Å². The highest BCUT2D eigenvalue weighted by Gasteiger charge is 1.96. The number of aromatic nitrogens is 2. The van der Waals surface area contributed by atoms with Crippen LogP contribution in [0, 0.1) is 12.3 Å². The molecule has 0 aliphatic heterocycles. The van der Waals surface area contributed by atoms with Crippen LogP contribution in [0.2, 0.25) is 0 Å². The van der Waals surface area contributed by atoms with Gasteiger partial charge in [0.05, 0.1) is 11.9 Å². The summed E-state index contributed by atoms with van der Waals surface area (Å²) in [5, 5.41) is 6.95. The van der Waals surface area contributed by atoms with Gasteiger partial charge in [0.2, 0.25) is 0 Å². The third-order valence-corrected chi connectivity index (χ3v) is 1.21. The molecule has 1 N–H and O–H groups in total. The molecule has 0 atom stereocenters. The van der Waals surface area contributed by atoms with Gasteiger partial charge in [-0.1, -0.05) is 34.3 Å². The van der Waals surface area contributed by atoms with Crippen LogP contribution in [0.4, 0.5) is 0 Å². The van der Waals surface area contributed by atoms with Crippen LogP contribution in [-0.4, -0.2) is 15.8 Å². The highest BCUT2D eigenvalue weighted by atomic mass is 15.1. The van der Waals surface area contributed by atoms with Crippen molar-refractivity contribution in [1.82, 2.24) is 9.55 Å². The Morgan fingerprint density at radius 2 is 1.86 bits per heavy atom. The monoisotopic (exact) mass is 195 g/mol. The summed E-state index contributed by atoms with van der Waals surface area (Å²) in [7, 11) is 0. The van der Waals surface area contributed by atoms with E-state index in [0.29, 0.717) is 5.82 Å². The third-order valence-electron chi connectivity index (χ3n) is 1.21. The predicted molar refractivity (Wildman–Crippen MR) is 63.9 cm³/mol. The van der Waals surface area contributed by atoms with Crippen LogP contribution in [0.15, 0.2) is 12.8 Å². The molecule has 1 rings (SSSR count). The van der Waals surface area contributed by atoms with Crippen molar-refractivity contribution < 1.29 is 0 Å². The maximum absolute atomic E-state index is 6.95. The maximum atomic E-state index is 6.95. The quantitative estimate of drug-likeness (QED) is 0.722. The first-order valence-corrected chi connectivity index (χ1v) is 4.96. The van der Waals surface area contributed by atoms with Crippen molar-refractivity contribution in [2.24, 2.45) is 0 Å². The Morgan fingerprint density at radius 1 is 1.36 bits per heavy atom. The Labute approximate surface area is 87.0 Å². The molecule has 1 aromatic rings. The minimum absolute atomic E-state index is 0.618. The van der Waals surface area contributed by atoms with Crippen molar-refractivity contribution >= 4 is 12.4 Å². The number of hydrogen-bond donors (Lipinski definition) is 1. The van der Waals surface area contributed by atoms with Gasteiger partial charge in [-0.15, -0.1) is 0 Å². The van der Waals surface area contributed by atoms with Crippen LogP contribution in [0.1, 0.15) is 39.2 Å². The van der Waals surface area contributed by atoms with E-state index in [2.05, 4.69) is 11.6 Å². The van der Waals surface area contributed by atoms with E-state index in [0.717, 1.165) is 5.69 Å². The molecule has 0 aliphatic rings. The number of imidazole rings is 1. The number of aryl methyl sites for hydroxylation is 1. The zero-order valence-corrected chi connectivity index (χ0v) is 9.83. The topological polar surface area (TPSA) is 41.7 Å². The van der Waals surface area contributed by atoms with Gasteiger partial charge in [-0.25, -0.2) is 4.98 Å². The molecule has 0 unspecified atom stereocenters. The largest absolute Gasteiger partial charge is 0.306 e. The van der Waals surface area contributed by atoms with Crippen molar-refractivity contribution in [3.63, 3.8) is 0 Å². The summed E-state index contributed by atoms with van der Waals surface area (Å²) in [4.78, 5) is 4.05. The lowest BCUT2D eigenvalue weighted by atomic mass is 10.6. The van der Waals surface area contributed by atoms with Gasteiger partial charge in [-0.3, -0.25) is 0 Å². The molecule has 0 aromatic carbocycles. The summed E-state index contributed by atoms with van der Waals surface area (Å²) in [6.07, 6.45) is 4.66. The van der Waals surface area contributed by atoms with E-state index >= 15 is 0 Å². The number of nitrogens with zero attached hydrogens (tertiary/aromatic N) is 2. The summed E-state index contributed by atoms with van der Waals surface area (Å²) in [6.45, 7) is 13.5. The van der Waals surface area contributed by atoms with Crippen molar-refractivity contribution in [2.75, 3.05) is 0 Å². The van der Waals surface area contributed by atoms with Crippen molar-refractivity contribution in [2.45, 2.75) is 34.6 Å². The summed E-state index contributed by atoms with van der Waals surface area (Å²) in [5.41, 5.74) is 0.901. The van der Waals surface area contributed by atoms with Crippen LogP contribution >= 0.6 is 0 Å². The minimum atomic E-state index is 0.618. The molecule has 0 saturated carbocycles. The zero-order valence-electron chi connectivity index (χ0n) is 9.83. The lowest BCUT2D eigenvalue weighted by Crippen LogP contribution is -1.91. The molecule has 80 valence electrons. The normalized spacial score (nSPS) is 7.50. The van der Waals surface area contributed by atoms with E-state index < -0.39 is 0 Å². The van der Waals surface area contributed by atoms with Gasteiger partial charge in [-0.2, -0.15) is 0 Å². The summed E-state index contributed by atoms with van der Waals surface area (Å²) < 4.78 is 1.71. The van der Waals surface area contributed by atoms with Crippen molar-refractivity contribution in [3.8, 4) is 0 Å². The fraction of sp³-hybridized carbons (Fsp3) is 0.455. The fourth-order valence-electron chi connectivity index (χ4n) is 0.788. The highest BCUT2D eigenvalue weighted by Crippen LogP contribution is 1.98. The van der Waals surface area contributed by atoms with E-state index in [9.17, 15) is 0 Å². The molecule has 0 fully saturated rings. The molecule has 0 radical (unpaired) electrons. The number of rotatable bonds is 2. The summed E-state index contributed by atoms with van der Waals surface area (Å²) in [6, 6.07) is 0. The first-order valence-electron chi connectivity index (χ1n) is 4.96. The van der Waals surface area contributed by atoms with E-state index in [-0.39, 0.29) is 0 Å². The van der Waals surface area contributed by atoms with Crippen molar-refractivity contribution in [3.05, 3.63) is 24.3 Å². The molecule has 0 amide bonds. The molecular weight excluding hydrogens is 174 g/mol. The van der Waals surface area contributed by atoms with E-state index in [1.165, 1.54) is 6.21 Å². The molecule has 0 spiro atoms.